The van der Waals surface area contributed by atoms with Crippen molar-refractivity contribution in [2.75, 3.05) is 6.54 Å². The summed E-state index contributed by atoms with van der Waals surface area (Å²) >= 11 is 3.18. The van der Waals surface area contributed by atoms with Gasteiger partial charge < -0.3 is 10.1 Å². The fraction of sp³-hybridized carbons (Fsp3) is 0.571. The minimum atomic E-state index is -0.259. The molecule has 0 saturated heterocycles. The van der Waals surface area contributed by atoms with Gasteiger partial charge in [0.1, 0.15) is 17.7 Å². The first-order valence-corrected chi connectivity index (χ1v) is 7.33. The fourth-order valence-electron chi connectivity index (χ4n) is 1.85. The highest BCUT2D eigenvalue weighted by Gasteiger charge is 2.22. The van der Waals surface area contributed by atoms with Gasteiger partial charge in [0.15, 0.2) is 0 Å². The van der Waals surface area contributed by atoms with Crippen molar-refractivity contribution in [3.63, 3.8) is 0 Å². The van der Waals surface area contributed by atoms with Crippen molar-refractivity contribution in [2.24, 2.45) is 0 Å². The zero-order valence-corrected chi connectivity index (χ0v) is 12.2. The van der Waals surface area contributed by atoms with Gasteiger partial charge in [-0.2, -0.15) is 0 Å². The summed E-state index contributed by atoms with van der Waals surface area (Å²) in [6, 6.07) is 5.49. The molecule has 0 heterocycles. The highest BCUT2D eigenvalue weighted by atomic mass is 79.9. The maximum atomic E-state index is 13.1. The summed E-state index contributed by atoms with van der Waals surface area (Å²) in [6.07, 6.45) is 4.81. The van der Waals surface area contributed by atoms with E-state index in [0.717, 1.165) is 25.1 Å². The first kappa shape index (κ1) is 13.8. The van der Waals surface area contributed by atoms with E-state index in [-0.39, 0.29) is 11.9 Å². The minimum absolute atomic E-state index is 0.160. The number of halogens is 2. The smallest absolute Gasteiger partial charge is 0.137 e. The Labute approximate surface area is 116 Å². The Morgan fingerprint density at radius 3 is 2.89 bits per heavy atom. The molecule has 0 bridgehead atoms. The molecule has 100 valence electrons. The Bertz CT molecular complexity index is 395. The average molecular weight is 316 g/mol. The van der Waals surface area contributed by atoms with E-state index >= 15 is 0 Å². The number of hydrogen-bond donors (Lipinski definition) is 1. The van der Waals surface area contributed by atoms with Crippen LogP contribution in [0.4, 0.5) is 4.39 Å². The van der Waals surface area contributed by atoms with E-state index in [0.29, 0.717) is 10.5 Å². The summed E-state index contributed by atoms with van der Waals surface area (Å²) in [4.78, 5) is 0. The molecule has 1 aromatic carbocycles. The Balaban J connectivity index is 1.90. The van der Waals surface area contributed by atoms with Crippen molar-refractivity contribution >= 4 is 15.9 Å². The topological polar surface area (TPSA) is 21.3 Å². The predicted molar refractivity (Wildman–Crippen MR) is 74.4 cm³/mol. The van der Waals surface area contributed by atoms with Gasteiger partial charge in [-0.25, -0.2) is 4.39 Å². The van der Waals surface area contributed by atoms with Crippen molar-refractivity contribution in [1.29, 1.82) is 0 Å². The lowest BCUT2D eigenvalue weighted by Gasteiger charge is -2.19. The summed E-state index contributed by atoms with van der Waals surface area (Å²) in [7, 11) is 0. The van der Waals surface area contributed by atoms with Gasteiger partial charge in [-0.3, -0.25) is 0 Å². The molecule has 1 saturated carbocycles. The summed E-state index contributed by atoms with van der Waals surface area (Å²) in [6.45, 7) is 3.02. The second-order valence-corrected chi connectivity index (χ2v) is 5.64. The lowest BCUT2D eigenvalue weighted by molar-refractivity contribution is 0.185. The van der Waals surface area contributed by atoms with Crippen LogP contribution in [0.15, 0.2) is 22.7 Å². The van der Waals surface area contributed by atoms with Crippen molar-refractivity contribution in [2.45, 2.75) is 44.8 Å². The zero-order chi connectivity index (χ0) is 13.0. The van der Waals surface area contributed by atoms with Gasteiger partial charge >= 0.3 is 0 Å². The molecule has 1 aromatic rings. The van der Waals surface area contributed by atoms with Crippen LogP contribution >= 0.6 is 15.9 Å². The Morgan fingerprint density at radius 2 is 2.28 bits per heavy atom. The minimum Gasteiger partial charge on any atom is -0.489 e. The molecule has 2 nitrogen and oxygen atoms in total. The van der Waals surface area contributed by atoms with Gasteiger partial charge in [0.05, 0.1) is 4.47 Å². The van der Waals surface area contributed by atoms with E-state index in [4.69, 9.17) is 4.74 Å². The van der Waals surface area contributed by atoms with E-state index in [1.165, 1.54) is 18.9 Å². The molecule has 1 unspecified atom stereocenters. The number of nitrogens with one attached hydrogen (secondary N) is 1. The first-order chi connectivity index (χ1) is 8.69. The summed E-state index contributed by atoms with van der Waals surface area (Å²) in [5, 5.41) is 3.48. The van der Waals surface area contributed by atoms with Crippen LogP contribution in [-0.4, -0.2) is 18.7 Å². The predicted octanol–water partition coefficient (Wildman–Crippen LogP) is 3.89. The standard InChI is InChI=1S/C14H19BrFNO/c1-2-3-12(9-17-10-4-5-10)18-11-6-7-14(16)13(15)8-11/h6-8,10,12,17H,2-5,9H2,1H3. The Hall–Kier alpha value is -0.610. The average Bonchev–Trinajstić information content (AvgIpc) is 3.15. The van der Waals surface area contributed by atoms with Gasteiger partial charge in [0, 0.05) is 12.6 Å². The summed E-state index contributed by atoms with van der Waals surface area (Å²) in [5.74, 6) is 0.463. The molecule has 0 aromatic heterocycles. The molecule has 1 aliphatic carbocycles. The molecule has 0 spiro atoms. The van der Waals surface area contributed by atoms with Crippen molar-refractivity contribution < 1.29 is 9.13 Å². The van der Waals surface area contributed by atoms with Crippen LogP contribution in [-0.2, 0) is 0 Å². The van der Waals surface area contributed by atoms with Crippen LogP contribution in [0.2, 0.25) is 0 Å². The highest BCUT2D eigenvalue weighted by Crippen LogP contribution is 2.24. The van der Waals surface area contributed by atoms with Gasteiger partial charge in [-0.15, -0.1) is 0 Å². The molecule has 18 heavy (non-hydrogen) atoms. The van der Waals surface area contributed by atoms with Crippen LogP contribution in [0, 0.1) is 5.82 Å². The molecule has 1 aliphatic rings. The van der Waals surface area contributed by atoms with Crippen LogP contribution in [0.5, 0.6) is 5.75 Å². The normalized spacial score (nSPS) is 16.6. The van der Waals surface area contributed by atoms with E-state index in [1.807, 2.05) is 0 Å². The second-order valence-electron chi connectivity index (χ2n) is 4.79. The third-order valence-electron chi connectivity index (χ3n) is 3.02. The molecule has 0 aliphatic heterocycles. The largest absolute Gasteiger partial charge is 0.489 e. The fourth-order valence-corrected chi connectivity index (χ4v) is 2.21. The lowest BCUT2D eigenvalue weighted by atomic mass is 10.2. The van der Waals surface area contributed by atoms with E-state index < -0.39 is 0 Å². The van der Waals surface area contributed by atoms with E-state index in [2.05, 4.69) is 28.2 Å². The number of benzene rings is 1. The second kappa shape index (κ2) is 6.53. The zero-order valence-electron chi connectivity index (χ0n) is 10.6. The van der Waals surface area contributed by atoms with Crippen LogP contribution in [0.3, 0.4) is 0 Å². The molecule has 1 fully saturated rings. The molecule has 0 radical (unpaired) electrons. The first-order valence-electron chi connectivity index (χ1n) is 6.54. The summed E-state index contributed by atoms with van der Waals surface area (Å²) in [5.41, 5.74) is 0. The third kappa shape index (κ3) is 4.25. The van der Waals surface area contributed by atoms with E-state index in [1.54, 1.807) is 12.1 Å². The molecule has 1 atom stereocenters. The van der Waals surface area contributed by atoms with Crippen LogP contribution < -0.4 is 10.1 Å². The molecular weight excluding hydrogens is 297 g/mol. The maximum absolute atomic E-state index is 13.1. The quantitative estimate of drug-likeness (QED) is 0.824. The van der Waals surface area contributed by atoms with Gasteiger partial charge in [-0.05, 0) is 53.4 Å². The highest BCUT2D eigenvalue weighted by molar-refractivity contribution is 9.10. The van der Waals surface area contributed by atoms with Crippen molar-refractivity contribution in [3.05, 3.63) is 28.5 Å². The SMILES string of the molecule is CCCC(CNC1CC1)Oc1ccc(F)c(Br)c1. The molecule has 0 amide bonds. The monoisotopic (exact) mass is 315 g/mol. The van der Waals surface area contributed by atoms with Crippen LogP contribution in [0.25, 0.3) is 0 Å². The van der Waals surface area contributed by atoms with Gasteiger partial charge in [0.25, 0.3) is 0 Å². The number of ether oxygens (including phenoxy) is 1. The number of hydrogen-bond acceptors (Lipinski definition) is 2. The van der Waals surface area contributed by atoms with Crippen molar-refractivity contribution in [1.82, 2.24) is 5.32 Å². The molecule has 1 N–H and O–H groups in total. The molecule has 2 rings (SSSR count). The van der Waals surface area contributed by atoms with Gasteiger partial charge in [0.2, 0.25) is 0 Å². The summed E-state index contributed by atoms with van der Waals surface area (Å²) < 4.78 is 19.5. The Kier molecular flexibility index (Phi) is 5.01. The maximum Gasteiger partial charge on any atom is 0.137 e. The van der Waals surface area contributed by atoms with E-state index in [9.17, 15) is 4.39 Å². The van der Waals surface area contributed by atoms with Gasteiger partial charge in [-0.1, -0.05) is 13.3 Å². The molecular formula is C14H19BrFNO. The molecule has 4 heteroatoms. The Morgan fingerprint density at radius 1 is 1.50 bits per heavy atom. The van der Waals surface area contributed by atoms with Crippen LogP contribution in [0.1, 0.15) is 32.6 Å². The lowest BCUT2D eigenvalue weighted by Crippen LogP contribution is -2.32. The van der Waals surface area contributed by atoms with Crippen molar-refractivity contribution in [3.8, 4) is 5.75 Å². The number of rotatable bonds is 7. The third-order valence-corrected chi connectivity index (χ3v) is 3.62.